The molecule has 1 amide bonds. The molecule has 0 spiro atoms. The lowest BCUT2D eigenvalue weighted by molar-refractivity contribution is 0.0497. The van der Waals surface area contributed by atoms with E-state index in [0.29, 0.717) is 0 Å². The highest BCUT2D eigenvalue weighted by atomic mass is 16.6. The fourth-order valence-electron chi connectivity index (χ4n) is 2.29. The van der Waals surface area contributed by atoms with Gasteiger partial charge in [-0.15, -0.1) is 5.10 Å². The molecule has 0 saturated carbocycles. The third kappa shape index (κ3) is 4.88. The van der Waals surface area contributed by atoms with E-state index in [1.165, 1.54) is 0 Å². The van der Waals surface area contributed by atoms with Gasteiger partial charge in [0.1, 0.15) is 5.60 Å². The number of hydrogen-bond acceptors (Lipinski definition) is 5. The van der Waals surface area contributed by atoms with E-state index < -0.39 is 5.60 Å². The number of rotatable bonds is 2. The van der Waals surface area contributed by atoms with Crippen molar-refractivity contribution in [1.29, 1.82) is 0 Å². The predicted molar refractivity (Wildman–Crippen MR) is 81.4 cm³/mol. The van der Waals surface area contributed by atoms with Crippen molar-refractivity contribution < 1.29 is 9.53 Å². The Balaban J connectivity index is 1.80. The quantitative estimate of drug-likeness (QED) is 0.905. The van der Waals surface area contributed by atoms with Crippen molar-refractivity contribution in [3.8, 4) is 0 Å². The van der Waals surface area contributed by atoms with Crippen LogP contribution in [0.4, 0.5) is 10.6 Å². The van der Waals surface area contributed by atoms with E-state index in [2.05, 4.69) is 20.4 Å². The fraction of sp³-hybridized carbons (Fsp3) is 0.667. The molecule has 6 heteroatoms. The number of carbonyl (C=O) groups excluding carboxylic acids is 1. The number of hydrogen-bond donors (Lipinski definition) is 1. The number of amides is 1. The average Bonchev–Trinajstić information content (AvgIpc) is 2.38. The summed E-state index contributed by atoms with van der Waals surface area (Å²) < 4.78 is 5.28. The van der Waals surface area contributed by atoms with Crippen LogP contribution in [0.15, 0.2) is 12.1 Å². The number of piperidine rings is 1. The lowest BCUT2D eigenvalue weighted by Crippen LogP contribution is -2.46. The molecule has 2 heterocycles. The Hall–Kier alpha value is -1.85. The Morgan fingerprint density at radius 2 is 1.95 bits per heavy atom. The highest BCUT2D eigenvalue weighted by Gasteiger charge is 2.24. The average molecular weight is 292 g/mol. The summed E-state index contributed by atoms with van der Waals surface area (Å²) in [5, 5.41) is 11.2. The van der Waals surface area contributed by atoms with Gasteiger partial charge in [0.2, 0.25) is 0 Å². The molecule has 1 aliphatic rings. The maximum absolute atomic E-state index is 11.7. The number of ether oxygens (including phenoxy) is 1. The van der Waals surface area contributed by atoms with Crippen LogP contribution in [-0.2, 0) is 4.74 Å². The molecule has 0 bridgehead atoms. The normalized spacial score (nSPS) is 16.7. The third-order valence-electron chi connectivity index (χ3n) is 3.32. The molecule has 1 aliphatic heterocycles. The largest absolute Gasteiger partial charge is 0.444 e. The number of nitrogens with zero attached hydrogens (tertiary/aromatic N) is 3. The second-order valence-corrected chi connectivity index (χ2v) is 6.44. The van der Waals surface area contributed by atoms with Gasteiger partial charge in [-0.25, -0.2) is 4.79 Å². The van der Waals surface area contributed by atoms with Gasteiger partial charge < -0.3 is 15.0 Å². The molecule has 0 unspecified atom stereocenters. The molecular formula is C15H24N4O2. The van der Waals surface area contributed by atoms with Crippen LogP contribution in [0.3, 0.4) is 0 Å². The maximum atomic E-state index is 11.7. The zero-order valence-electron chi connectivity index (χ0n) is 13.2. The third-order valence-corrected chi connectivity index (χ3v) is 3.32. The van der Waals surface area contributed by atoms with E-state index in [-0.39, 0.29) is 12.1 Å². The number of alkyl carbamates (subject to hydrolysis) is 1. The zero-order valence-corrected chi connectivity index (χ0v) is 13.2. The Morgan fingerprint density at radius 3 is 2.48 bits per heavy atom. The summed E-state index contributed by atoms with van der Waals surface area (Å²) in [5.41, 5.74) is 0.461. The molecule has 0 aromatic carbocycles. The van der Waals surface area contributed by atoms with Crippen molar-refractivity contribution in [2.75, 3.05) is 18.0 Å². The first-order chi connectivity index (χ1) is 9.83. The van der Waals surface area contributed by atoms with Crippen LogP contribution in [0.5, 0.6) is 0 Å². The topological polar surface area (TPSA) is 67.4 Å². The summed E-state index contributed by atoms with van der Waals surface area (Å²) >= 11 is 0. The van der Waals surface area contributed by atoms with Gasteiger partial charge in [0, 0.05) is 19.1 Å². The number of anilines is 1. The van der Waals surface area contributed by atoms with Gasteiger partial charge in [0.05, 0.1) is 5.69 Å². The minimum atomic E-state index is -0.456. The summed E-state index contributed by atoms with van der Waals surface area (Å²) in [6.07, 6.45) is 1.43. The number of carbonyl (C=O) groups is 1. The van der Waals surface area contributed by atoms with E-state index in [1.54, 1.807) is 0 Å². The second-order valence-electron chi connectivity index (χ2n) is 6.44. The van der Waals surface area contributed by atoms with Crippen LogP contribution >= 0.6 is 0 Å². The molecule has 0 atom stereocenters. The smallest absolute Gasteiger partial charge is 0.407 e. The molecule has 1 aromatic heterocycles. The van der Waals surface area contributed by atoms with E-state index in [1.807, 2.05) is 39.8 Å². The van der Waals surface area contributed by atoms with Gasteiger partial charge >= 0.3 is 6.09 Å². The summed E-state index contributed by atoms with van der Waals surface area (Å²) in [6.45, 7) is 9.24. The number of aromatic nitrogens is 2. The number of aryl methyl sites for hydroxylation is 1. The van der Waals surface area contributed by atoms with E-state index in [9.17, 15) is 4.79 Å². The van der Waals surface area contributed by atoms with Crippen LogP contribution in [0.2, 0.25) is 0 Å². The molecule has 1 N–H and O–H groups in total. The monoisotopic (exact) mass is 292 g/mol. The Bertz CT molecular complexity index is 473. The van der Waals surface area contributed by atoms with E-state index >= 15 is 0 Å². The molecular weight excluding hydrogens is 268 g/mol. The Morgan fingerprint density at radius 1 is 1.29 bits per heavy atom. The van der Waals surface area contributed by atoms with E-state index in [4.69, 9.17) is 4.74 Å². The summed E-state index contributed by atoms with van der Waals surface area (Å²) in [6, 6.07) is 4.12. The van der Waals surface area contributed by atoms with Crippen molar-refractivity contribution >= 4 is 11.9 Å². The highest BCUT2D eigenvalue weighted by Crippen LogP contribution is 2.17. The SMILES string of the molecule is Cc1ccc(N2CCC(NC(=O)OC(C)(C)C)CC2)nn1. The standard InChI is InChI=1S/C15H24N4O2/c1-11-5-6-13(18-17-11)19-9-7-12(8-10-19)16-14(20)21-15(2,3)4/h5-6,12H,7-10H2,1-4H3,(H,16,20). The molecule has 0 radical (unpaired) electrons. The van der Waals surface area contributed by atoms with Crippen LogP contribution in [0, 0.1) is 6.92 Å². The zero-order chi connectivity index (χ0) is 15.5. The van der Waals surface area contributed by atoms with Crippen LogP contribution in [0.25, 0.3) is 0 Å². The highest BCUT2D eigenvalue weighted by molar-refractivity contribution is 5.68. The van der Waals surface area contributed by atoms with Gasteiger partial charge in [-0.05, 0) is 52.7 Å². The van der Waals surface area contributed by atoms with Gasteiger partial charge in [-0.1, -0.05) is 0 Å². The van der Waals surface area contributed by atoms with Crippen molar-refractivity contribution in [1.82, 2.24) is 15.5 Å². The number of nitrogens with one attached hydrogen (secondary N) is 1. The van der Waals surface area contributed by atoms with Crippen LogP contribution in [-0.4, -0.2) is 41.0 Å². The Labute approximate surface area is 125 Å². The predicted octanol–water partition coefficient (Wildman–Crippen LogP) is 2.28. The van der Waals surface area contributed by atoms with E-state index in [0.717, 1.165) is 37.4 Å². The van der Waals surface area contributed by atoms with Crippen LogP contribution < -0.4 is 10.2 Å². The van der Waals surface area contributed by atoms with Crippen molar-refractivity contribution in [3.63, 3.8) is 0 Å². The lowest BCUT2D eigenvalue weighted by atomic mass is 10.1. The van der Waals surface area contributed by atoms with Crippen molar-refractivity contribution in [3.05, 3.63) is 17.8 Å². The van der Waals surface area contributed by atoms with Crippen LogP contribution in [0.1, 0.15) is 39.3 Å². The summed E-state index contributed by atoms with van der Waals surface area (Å²) in [4.78, 5) is 13.9. The minimum absolute atomic E-state index is 0.162. The maximum Gasteiger partial charge on any atom is 0.407 e. The molecule has 1 fully saturated rings. The molecule has 21 heavy (non-hydrogen) atoms. The molecule has 2 rings (SSSR count). The lowest BCUT2D eigenvalue weighted by Gasteiger charge is -2.33. The second kappa shape index (κ2) is 6.28. The van der Waals surface area contributed by atoms with Gasteiger partial charge in [0.25, 0.3) is 0 Å². The summed E-state index contributed by atoms with van der Waals surface area (Å²) in [7, 11) is 0. The van der Waals surface area contributed by atoms with Crippen molar-refractivity contribution in [2.45, 2.75) is 52.2 Å². The summed E-state index contributed by atoms with van der Waals surface area (Å²) in [5.74, 6) is 0.899. The van der Waals surface area contributed by atoms with Crippen molar-refractivity contribution in [2.24, 2.45) is 0 Å². The molecule has 1 saturated heterocycles. The van der Waals surface area contributed by atoms with Gasteiger partial charge in [-0.3, -0.25) is 0 Å². The first kappa shape index (κ1) is 15.5. The first-order valence-electron chi connectivity index (χ1n) is 7.38. The van der Waals surface area contributed by atoms with Gasteiger partial charge in [0.15, 0.2) is 5.82 Å². The molecule has 116 valence electrons. The molecule has 0 aliphatic carbocycles. The molecule has 1 aromatic rings. The first-order valence-corrected chi connectivity index (χ1v) is 7.38. The minimum Gasteiger partial charge on any atom is -0.444 e. The molecule has 6 nitrogen and oxygen atoms in total. The Kier molecular flexibility index (Phi) is 4.65. The van der Waals surface area contributed by atoms with Gasteiger partial charge in [-0.2, -0.15) is 5.10 Å². The fourth-order valence-corrected chi connectivity index (χ4v) is 2.29.